The summed E-state index contributed by atoms with van der Waals surface area (Å²) in [4.78, 5) is 27.5. The molecule has 0 aromatic heterocycles. The van der Waals surface area contributed by atoms with E-state index in [1.165, 1.54) is 21.6 Å². The van der Waals surface area contributed by atoms with Crippen molar-refractivity contribution in [1.29, 1.82) is 0 Å². The summed E-state index contributed by atoms with van der Waals surface area (Å²) in [5.41, 5.74) is 0.886. The monoisotopic (exact) mass is 395 g/mol. The second-order valence-corrected chi connectivity index (χ2v) is 7.71. The van der Waals surface area contributed by atoms with Gasteiger partial charge < -0.3 is 14.4 Å². The van der Waals surface area contributed by atoms with Crippen LogP contribution in [0, 0.1) is 0 Å². The first-order valence-corrected chi connectivity index (χ1v) is 9.47. The number of benzene rings is 1. The van der Waals surface area contributed by atoms with E-state index in [1.54, 1.807) is 13.2 Å². The Morgan fingerprint density at radius 1 is 1.31 bits per heavy atom. The minimum atomic E-state index is -0.320. The van der Waals surface area contributed by atoms with Crippen molar-refractivity contribution < 1.29 is 24.0 Å². The highest BCUT2D eigenvalue weighted by atomic mass is 32.2. The van der Waals surface area contributed by atoms with Crippen LogP contribution < -0.4 is 9.64 Å². The third-order valence-corrected chi connectivity index (χ3v) is 5.07. The van der Waals surface area contributed by atoms with E-state index in [0.29, 0.717) is 15.8 Å². The van der Waals surface area contributed by atoms with E-state index < -0.39 is 0 Å². The molecule has 0 radical (unpaired) electrons. The molecule has 0 bridgehead atoms. The molecule has 0 unspecified atom stereocenters. The zero-order valence-corrected chi connectivity index (χ0v) is 16.7. The number of carbonyl (C=O) groups excluding carboxylic acids is 2. The van der Waals surface area contributed by atoms with Crippen molar-refractivity contribution in [3.63, 3.8) is 0 Å². The van der Waals surface area contributed by atoms with Crippen LogP contribution in [0.2, 0.25) is 0 Å². The molecular formula is C18H23N2O4S2+. The molecule has 1 saturated heterocycles. The maximum absolute atomic E-state index is 12.5. The summed E-state index contributed by atoms with van der Waals surface area (Å²) < 4.78 is 10.7. The molecule has 26 heavy (non-hydrogen) atoms. The standard InChI is InChI=1S/C18H22N2O4S2/c1-19(2)10-11-24-16(21)8-9-20-17(22)15(26-18(20)25)12-13-4-6-14(23-3)7-5-13/h4-7,12H,8-11H2,1-3H3/p+1. The quantitative estimate of drug-likeness (QED) is 0.402. The number of nitrogens with one attached hydrogen (secondary N) is 1. The molecule has 2 rings (SSSR count). The average Bonchev–Trinajstić information content (AvgIpc) is 2.87. The van der Waals surface area contributed by atoms with Gasteiger partial charge in [-0.15, -0.1) is 0 Å². The summed E-state index contributed by atoms with van der Waals surface area (Å²) in [7, 11) is 5.58. The van der Waals surface area contributed by atoms with Crippen LogP contribution in [0.5, 0.6) is 5.75 Å². The molecule has 1 N–H and O–H groups in total. The van der Waals surface area contributed by atoms with Crippen molar-refractivity contribution in [2.45, 2.75) is 6.42 Å². The average molecular weight is 396 g/mol. The number of carbonyl (C=O) groups is 2. The van der Waals surface area contributed by atoms with Gasteiger partial charge in [0.1, 0.15) is 23.2 Å². The molecule has 140 valence electrons. The largest absolute Gasteiger partial charge is 0.497 e. The van der Waals surface area contributed by atoms with Gasteiger partial charge in [0.05, 0.1) is 32.5 Å². The highest BCUT2D eigenvalue weighted by Crippen LogP contribution is 2.32. The molecule has 0 saturated carbocycles. The van der Waals surface area contributed by atoms with Crippen LogP contribution in [-0.4, -0.2) is 62.0 Å². The number of amides is 1. The van der Waals surface area contributed by atoms with Gasteiger partial charge in [-0.25, -0.2) is 0 Å². The number of thiocarbonyl (C=S) groups is 1. The lowest BCUT2D eigenvalue weighted by atomic mass is 10.2. The van der Waals surface area contributed by atoms with Crippen LogP contribution in [-0.2, 0) is 14.3 Å². The zero-order valence-electron chi connectivity index (χ0n) is 15.1. The Labute approximate surface area is 163 Å². The third kappa shape index (κ3) is 5.82. The number of likely N-dealkylation sites (N-methyl/N-ethyl adjacent to an activating group) is 1. The highest BCUT2D eigenvalue weighted by Gasteiger charge is 2.32. The Balaban J connectivity index is 1.91. The van der Waals surface area contributed by atoms with Gasteiger partial charge in [-0.05, 0) is 23.8 Å². The molecule has 1 aliphatic rings. The van der Waals surface area contributed by atoms with E-state index in [4.69, 9.17) is 21.7 Å². The van der Waals surface area contributed by atoms with E-state index in [9.17, 15) is 9.59 Å². The second-order valence-electron chi connectivity index (χ2n) is 6.03. The number of esters is 1. The van der Waals surface area contributed by atoms with Crippen molar-refractivity contribution in [3.8, 4) is 5.75 Å². The topological polar surface area (TPSA) is 60.3 Å². The predicted molar refractivity (Wildman–Crippen MR) is 106 cm³/mol. The normalized spacial score (nSPS) is 15.8. The number of rotatable bonds is 8. The van der Waals surface area contributed by atoms with Crippen LogP contribution >= 0.6 is 24.0 Å². The van der Waals surface area contributed by atoms with Crippen molar-refractivity contribution in [1.82, 2.24) is 4.90 Å². The Morgan fingerprint density at radius 2 is 2.00 bits per heavy atom. The summed E-state index contributed by atoms with van der Waals surface area (Å²) in [6.45, 7) is 1.35. The van der Waals surface area contributed by atoms with Crippen LogP contribution in [0.3, 0.4) is 0 Å². The van der Waals surface area contributed by atoms with Crippen LogP contribution in [0.1, 0.15) is 12.0 Å². The Hall–Kier alpha value is -1.90. The molecular weight excluding hydrogens is 372 g/mol. The summed E-state index contributed by atoms with van der Waals surface area (Å²) in [5.74, 6) is 0.255. The van der Waals surface area contributed by atoms with Gasteiger partial charge in [-0.2, -0.15) is 0 Å². The number of thioether (sulfide) groups is 1. The van der Waals surface area contributed by atoms with Gasteiger partial charge in [0.25, 0.3) is 5.91 Å². The number of methoxy groups -OCH3 is 1. The Kier molecular flexibility index (Phi) is 7.62. The van der Waals surface area contributed by atoms with Gasteiger partial charge in [0.2, 0.25) is 0 Å². The minimum absolute atomic E-state index is 0.130. The lowest BCUT2D eigenvalue weighted by Gasteiger charge is -2.14. The van der Waals surface area contributed by atoms with Gasteiger partial charge >= 0.3 is 5.97 Å². The number of hydrogen-bond donors (Lipinski definition) is 1. The van der Waals surface area contributed by atoms with Crippen LogP contribution in [0.15, 0.2) is 29.2 Å². The highest BCUT2D eigenvalue weighted by molar-refractivity contribution is 8.26. The molecule has 1 fully saturated rings. The van der Waals surface area contributed by atoms with E-state index in [0.717, 1.165) is 17.9 Å². The zero-order chi connectivity index (χ0) is 19.1. The minimum Gasteiger partial charge on any atom is -0.497 e. The summed E-state index contributed by atoms with van der Waals surface area (Å²) in [6, 6.07) is 7.40. The van der Waals surface area contributed by atoms with E-state index in [2.05, 4.69) is 0 Å². The van der Waals surface area contributed by atoms with Gasteiger partial charge in [0, 0.05) is 6.54 Å². The number of hydrogen-bond acceptors (Lipinski definition) is 6. The van der Waals surface area contributed by atoms with Crippen molar-refractivity contribution >= 4 is 46.3 Å². The first-order chi connectivity index (χ1) is 12.4. The predicted octanol–water partition coefficient (Wildman–Crippen LogP) is 0.974. The lowest BCUT2D eigenvalue weighted by molar-refractivity contribution is -0.858. The first kappa shape index (κ1) is 20.4. The maximum atomic E-state index is 12.5. The van der Waals surface area contributed by atoms with Crippen molar-refractivity contribution in [2.75, 3.05) is 40.9 Å². The van der Waals surface area contributed by atoms with Gasteiger partial charge in [-0.1, -0.05) is 36.1 Å². The molecule has 0 atom stereocenters. The second kappa shape index (κ2) is 9.70. The Morgan fingerprint density at radius 3 is 2.62 bits per heavy atom. The fraction of sp³-hybridized carbons (Fsp3) is 0.389. The lowest BCUT2D eigenvalue weighted by Crippen LogP contribution is -3.06. The summed E-state index contributed by atoms with van der Waals surface area (Å²) in [6.07, 6.45) is 1.92. The molecule has 6 nitrogen and oxygen atoms in total. The fourth-order valence-corrected chi connectivity index (χ4v) is 3.50. The molecule has 1 heterocycles. The van der Waals surface area contributed by atoms with E-state index in [-0.39, 0.29) is 24.8 Å². The van der Waals surface area contributed by atoms with Gasteiger partial charge in [-0.3, -0.25) is 14.5 Å². The summed E-state index contributed by atoms with van der Waals surface area (Å²) >= 11 is 6.52. The SMILES string of the molecule is COc1ccc(C=C2SC(=S)N(CCC(=O)OCC[NH+](C)C)C2=O)cc1. The number of nitrogens with zero attached hydrogens (tertiary/aromatic N) is 1. The number of quaternary nitrogens is 1. The van der Waals surface area contributed by atoms with E-state index in [1.807, 2.05) is 38.4 Å². The smallest absolute Gasteiger partial charge is 0.307 e. The molecule has 1 aliphatic heterocycles. The molecule has 1 aromatic carbocycles. The Bertz CT molecular complexity index is 702. The van der Waals surface area contributed by atoms with Gasteiger partial charge in [0.15, 0.2) is 0 Å². The maximum Gasteiger partial charge on any atom is 0.307 e. The number of ether oxygens (including phenoxy) is 2. The van der Waals surface area contributed by atoms with Crippen LogP contribution in [0.4, 0.5) is 0 Å². The van der Waals surface area contributed by atoms with E-state index >= 15 is 0 Å². The molecule has 0 spiro atoms. The third-order valence-electron chi connectivity index (χ3n) is 3.69. The van der Waals surface area contributed by atoms with Crippen LogP contribution in [0.25, 0.3) is 6.08 Å². The van der Waals surface area contributed by atoms with Crippen molar-refractivity contribution in [3.05, 3.63) is 34.7 Å². The molecule has 8 heteroatoms. The summed E-state index contributed by atoms with van der Waals surface area (Å²) in [5, 5.41) is 0. The molecule has 1 amide bonds. The molecule has 0 aliphatic carbocycles. The first-order valence-electron chi connectivity index (χ1n) is 8.25. The molecule has 1 aromatic rings. The fourth-order valence-electron chi connectivity index (χ4n) is 2.19. The van der Waals surface area contributed by atoms with Crippen molar-refractivity contribution in [2.24, 2.45) is 0 Å².